The predicted molar refractivity (Wildman–Crippen MR) is 143 cm³/mol. The number of aliphatic imine (C=N–C) groups is 1. The number of rotatable bonds is 5. The lowest BCUT2D eigenvalue weighted by molar-refractivity contribution is -0.114. The molecular formula is C26H21Cl2N3O2S. The first-order valence-electron chi connectivity index (χ1n) is 10.5. The van der Waals surface area contributed by atoms with E-state index in [-0.39, 0.29) is 17.6 Å². The van der Waals surface area contributed by atoms with E-state index in [1.807, 2.05) is 38.1 Å². The summed E-state index contributed by atoms with van der Waals surface area (Å²) in [6.07, 6.45) is 1.75. The lowest BCUT2D eigenvalue weighted by Gasteiger charge is -2.20. The SMILES string of the molecule is Cc1ccc(/C=C2\N=C(SCC(=O)Nc3ccc(Cl)cc3)N(c3ccc(Cl)cc3C)C2=O)cc1. The van der Waals surface area contributed by atoms with Gasteiger partial charge in [-0.3, -0.25) is 14.5 Å². The number of halogens is 2. The Labute approximate surface area is 212 Å². The fraction of sp³-hybridized carbons (Fsp3) is 0.115. The second-order valence-corrected chi connectivity index (χ2v) is 9.57. The molecular weight excluding hydrogens is 489 g/mol. The summed E-state index contributed by atoms with van der Waals surface area (Å²) in [4.78, 5) is 32.0. The first-order chi connectivity index (χ1) is 16.3. The molecule has 0 atom stereocenters. The molecule has 3 aromatic carbocycles. The van der Waals surface area contributed by atoms with Crippen molar-refractivity contribution >= 4 is 69.4 Å². The maximum absolute atomic E-state index is 13.4. The molecule has 2 amide bonds. The highest BCUT2D eigenvalue weighted by Crippen LogP contribution is 2.33. The number of aryl methyl sites for hydroxylation is 2. The van der Waals surface area contributed by atoms with Crippen LogP contribution in [0, 0.1) is 13.8 Å². The molecule has 5 nitrogen and oxygen atoms in total. The van der Waals surface area contributed by atoms with E-state index < -0.39 is 0 Å². The molecule has 1 heterocycles. The van der Waals surface area contributed by atoms with Crippen molar-refractivity contribution in [3.05, 3.63) is 99.2 Å². The third-order valence-electron chi connectivity index (χ3n) is 5.07. The van der Waals surface area contributed by atoms with Gasteiger partial charge >= 0.3 is 0 Å². The van der Waals surface area contributed by atoms with Crippen molar-refractivity contribution in [2.24, 2.45) is 4.99 Å². The largest absolute Gasteiger partial charge is 0.325 e. The van der Waals surface area contributed by atoms with Gasteiger partial charge in [-0.05, 0) is 73.5 Å². The molecule has 0 unspecified atom stereocenters. The molecule has 34 heavy (non-hydrogen) atoms. The molecule has 1 aliphatic rings. The molecule has 0 bridgehead atoms. The number of anilines is 2. The Bertz CT molecular complexity index is 1300. The van der Waals surface area contributed by atoms with Crippen LogP contribution in [0.2, 0.25) is 10.0 Å². The molecule has 0 fully saturated rings. The van der Waals surface area contributed by atoms with E-state index in [0.717, 1.165) is 16.7 Å². The van der Waals surface area contributed by atoms with Gasteiger partial charge in [-0.25, -0.2) is 4.99 Å². The van der Waals surface area contributed by atoms with Crippen molar-refractivity contribution in [1.82, 2.24) is 0 Å². The minimum atomic E-state index is -0.258. The number of hydrogen-bond donors (Lipinski definition) is 1. The van der Waals surface area contributed by atoms with E-state index in [9.17, 15) is 9.59 Å². The van der Waals surface area contributed by atoms with Gasteiger partial charge in [-0.15, -0.1) is 0 Å². The zero-order valence-corrected chi connectivity index (χ0v) is 20.8. The average Bonchev–Trinajstić information content (AvgIpc) is 3.10. The van der Waals surface area contributed by atoms with Crippen LogP contribution in [-0.2, 0) is 9.59 Å². The monoisotopic (exact) mass is 509 g/mol. The van der Waals surface area contributed by atoms with Crippen LogP contribution in [0.5, 0.6) is 0 Å². The zero-order valence-electron chi connectivity index (χ0n) is 18.5. The smallest absolute Gasteiger partial charge is 0.283 e. The van der Waals surface area contributed by atoms with Crippen molar-refractivity contribution < 1.29 is 9.59 Å². The van der Waals surface area contributed by atoms with E-state index in [0.29, 0.717) is 32.3 Å². The highest BCUT2D eigenvalue weighted by atomic mass is 35.5. The summed E-state index contributed by atoms with van der Waals surface area (Å²) in [5.41, 5.74) is 4.45. The molecule has 0 aromatic heterocycles. The van der Waals surface area contributed by atoms with Gasteiger partial charge in [0.2, 0.25) is 5.91 Å². The summed E-state index contributed by atoms with van der Waals surface area (Å²) in [5.74, 6) is -0.395. The van der Waals surface area contributed by atoms with Crippen LogP contribution in [0.4, 0.5) is 11.4 Å². The maximum atomic E-state index is 13.4. The first-order valence-corrected chi connectivity index (χ1v) is 12.2. The lowest BCUT2D eigenvalue weighted by Crippen LogP contribution is -2.31. The number of thioether (sulfide) groups is 1. The molecule has 8 heteroatoms. The standard InChI is InChI=1S/C26H21Cl2N3O2S/c1-16-3-5-18(6-4-16)14-22-25(33)31(23-12-9-20(28)13-17(23)2)26(30-22)34-15-24(32)29-21-10-7-19(27)8-11-21/h3-14H,15H2,1-2H3,(H,29,32)/b22-14-. The first kappa shape index (κ1) is 24.1. The molecule has 172 valence electrons. The second-order valence-electron chi connectivity index (χ2n) is 7.75. The molecule has 0 aliphatic carbocycles. The molecule has 0 saturated heterocycles. The Kier molecular flexibility index (Phi) is 7.41. The topological polar surface area (TPSA) is 61.8 Å². The van der Waals surface area contributed by atoms with E-state index in [4.69, 9.17) is 23.2 Å². The van der Waals surface area contributed by atoms with Crippen LogP contribution in [0.3, 0.4) is 0 Å². The second kappa shape index (κ2) is 10.5. The van der Waals surface area contributed by atoms with Gasteiger partial charge in [0.15, 0.2) is 5.17 Å². The summed E-state index contributed by atoms with van der Waals surface area (Å²) in [7, 11) is 0. The van der Waals surface area contributed by atoms with Crippen molar-refractivity contribution in [2.75, 3.05) is 16.0 Å². The van der Waals surface area contributed by atoms with Gasteiger partial charge in [0.1, 0.15) is 5.70 Å². The van der Waals surface area contributed by atoms with Crippen LogP contribution in [-0.4, -0.2) is 22.7 Å². The molecule has 0 saturated carbocycles. The summed E-state index contributed by atoms with van der Waals surface area (Å²) < 4.78 is 0. The molecule has 4 rings (SSSR count). The van der Waals surface area contributed by atoms with Crippen LogP contribution >= 0.6 is 35.0 Å². The van der Waals surface area contributed by atoms with Crippen LogP contribution in [0.25, 0.3) is 6.08 Å². The number of hydrogen-bond acceptors (Lipinski definition) is 4. The van der Waals surface area contributed by atoms with Gasteiger partial charge in [-0.2, -0.15) is 0 Å². The lowest BCUT2D eigenvalue weighted by atomic mass is 10.1. The minimum absolute atomic E-state index is 0.0791. The summed E-state index contributed by atoms with van der Waals surface area (Å²) in [6, 6.07) is 20.0. The zero-order chi connectivity index (χ0) is 24.2. The number of amides is 2. The minimum Gasteiger partial charge on any atom is -0.325 e. The molecule has 3 aromatic rings. The Morgan fingerprint density at radius 2 is 1.68 bits per heavy atom. The maximum Gasteiger partial charge on any atom is 0.283 e. The van der Waals surface area contributed by atoms with Crippen molar-refractivity contribution in [3.63, 3.8) is 0 Å². The van der Waals surface area contributed by atoms with Crippen LogP contribution in [0.1, 0.15) is 16.7 Å². The van der Waals surface area contributed by atoms with Gasteiger partial charge in [0.25, 0.3) is 5.91 Å². The van der Waals surface area contributed by atoms with Crippen molar-refractivity contribution in [3.8, 4) is 0 Å². The Morgan fingerprint density at radius 3 is 2.35 bits per heavy atom. The van der Waals surface area contributed by atoms with E-state index in [2.05, 4.69) is 10.3 Å². The quantitative estimate of drug-likeness (QED) is 0.388. The highest BCUT2D eigenvalue weighted by Gasteiger charge is 2.33. The van der Waals surface area contributed by atoms with E-state index >= 15 is 0 Å². The summed E-state index contributed by atoms with van der Waals surface area (Å²) >= 11 is 13.2. The van der Waals surface area contributed by atoms with Crippen molar-refractivity contribution in [1.29, 1.82) is 0 Å². The third-order valence-corrected chi connectivity index (χ3v) is 6.50. The fourth-order valence-corrected chi connectivity index (χ4v) is 4.51. The molecule has 0 spiro atoms. The van der Waals surface area contributed by atoms with Gasteiger partial charge in [-0.1, -0.05) is 64.8 Å². The van der Waals surface area contributed by atoms with Crippen molar-refractivity contribution in [2.45, 2.75) is 13.8 Å². The Morgan fingerprint density at radius 1 is 1.00 bits per heavy atom. The molecule has 1 N–H and O–H groups in total. The molecule has 1 aliphatic heterocycles. The normalized spacial score (nSPS) is 14.5. The molecule has 0 radical (unpaired) electrons. The fourth-order valence-electron chi connectivity index (χ4n) is 3.36. The average molecular weight is 510 g/mol. The summed E-state index contributed by atoms with van der Waals surface area (Å²) in [5, 5.41) is 4.43. The summed E-state index contributed by atoms with van der Waals surface area (Å²) in [6.45, 7) is 3.89. The van der Waals surface area contributed by atoms with Crippen LogP contribution < -0.4 is 10.2 Å². The number of nitrogens with one attached hydrogen (secondary N) is 1. The van der Waals surface area contributed by atoms with Gasteiger partial charge in [0.05, 0.1) is 11.4 Å². The van der Waals surface area contributed by atoms with Gasteiger partial charge < -0.3 is 5.32 Å². The Balaban J connectivity index is 1.59. The predicted octanol–water partition coefficient (Wildman–Crippen LogP) is 6.73. The highest BCUT2D eigenvalue weighted by molar-refractivity contribution is 8.14. The number of amidine groups is 1. The number of benzene rings is 3. The van der Waals surface area contributed by atoms with E-state index in [1.54, 1.807) is 48.5 Å². The number of carbonyl (C=O) groups excluding carboxylic acids is 2. The number of carbonyl (C=O) groups is 2. The van der Waals surface area contributed by atoms with Crippen LogP contribution in [0.15, 0.2) is 77.4 Å². The Hall–Kier alpha value is -3.06. The van der Waals surface area contributed by atoms with Gasteiger partial charge in [0, 0.05) is 15.7 Å². The number of nitrogens with zero attached hydrogens (tertiary/aromatic N) is 2. The van der Waals surface area contributed by atoms with E-state index in [1.165, 1.54) is 16.7 Å². The third kappa shape index (κ3) is 5.70.